The van der Waals surface area contributed by atoms with Gasteiger partial charge in [-0.2, -0.15) is 0 Å². The molecular weight excluding hydrogens is 451 g/mol. The van der Waals surface area contributed by atoms with Gasteiger partial charge in [-0.15, -0.1) is 11.8 Å². The van der Waals surface area contributed by atoms with Gasteiger partial charge in [0, 0.05) is 28.0 Å². The molecule has 2 rings (SSSR count). The molecule has 0 aliphatic rings. The molecule has 0 spiro atoms. The number of amides is 2. The Kier molecular flexibility index (Phi) is 10.7. The van der Waals surface area contributed by atoms with Crippen LogP contribution in [0.5, 0.6) is 0 Å². The molecule has 0 saturated heterocycles. The van der Waals surface area contributed by atoms with Crippen molar-refractivity contribution in [3.8, 4) is 0 Å². The van der Waals surface area contributed by atoms with E-state index in [9.17, 15) is 9.59 Å². The van der Waals surface area contributed by atoms with Gasteiger partial charge in [0.2, 0.25) is 11.8 Å². The van der Waals surface area contributed by atoms with Crippen LogP contribution in [0.3, 0.4) is 0 Å². The number of benzene rings is 2. The molecule has 0 bridgehead atoms. The number of hydrogen-bond donors (Lipinski definition) is 1. The first kappa shape index (κ1) is 25.6. The Labute approximate surface area is 199 Å². The van der Waals surface area contributed by atoms with E-state index in [-0.39, 0.29) is 24.1 Å². The lowest BCUT2D eigenvalue weighted by Crippen LogP contribution is -2.49. The zero-order valence-corrected chi connectivity index (χ0v) is 20.6. The largest absolute Gasteiger partial charge is 0.354 e. The number of carbonyl (C=O) groups is 2. The van der Waals surface area contributed by atoms with Crippen LogP contribution in [0.25, 0.3) is 0 Å². The SMILES string of the molecule is CCCCNC(=O)C(CC)N(Cc1ccc(Cl)cc1Cl)C(=O)CSc1ccc(C)cc1. The topological polar surface area (TPSA) is 49.4 Å². The highest BCUT2D eigenvalue weighted by molar-refractivity contribution is 8.00. The lowest BCUT2D eigenvalue weighted by Gasteiger charge is -2.31. The number of aryl methyl sites for hydroxylation is 1. The van der Waals surface area contributed by atoms with Crippen molar-refractivity contribution in [3.05, 3.63) is 63.6 Å². The summed E-state index contributed by atoms with van der Waals surface area (Å²) in [6, 6.07) is 12.7. The van der Waals surface area contributed by atoms with Crippen LogP contribution in [0.1, 0.15) is 44.2 Å². The molecule has 0 heterocycles. The molecule has 168 valence electrons. The van der Waals surface area contributed by atoms with Crippen molar-refractivity contribution >= 4 is 46.8 Å². The van der Waals surface area contributed by atoms with Gasteiger partial charge in [-0.05, 0) is 49.6 Å². The van der Waals surface area contributed by atoms with E-state index in [0.29, 0.717) is 23.0 Å². The third-order valence-electron chi connectivity index (χ3n) is 4.95. The molecule has 2 aromatic carbocycles. The molecule has 1 N–H and O–H groups in total. The Bertz CT molecular complexity index is 874. The molecule has 2 amide bonds. The van der Waals surface area contributed by atoms with Crippen LogP contribution < -0.4 is 5.32 Å². The van der Waals surface area contributed by atoms with Gasteiger partial charge in [0.05, 0.1) is 5.75 Å². The van der Waals surface area contributed by atoms with E-state index >= 15 is 0 Å². The fourth-order valence-electron chi connectivity index (χ4n) is 3.12. The van der Waals surface area contributed by atoms with Crippen molar-refractivity contribution in [3.63, 3.8) is 0 Å². The minimum Gasteiger partial charge on any atom is -0.354 e. The van der Waals surface area contributed by atoms with E-state index in [1.807, 2.05) is 38.1 Å². The van der Waals surface area contributed by atoms with E-state index < -0.39 is 6.04 Å². The summed E-state index contributed by atoms with van der Waals surface area (Å²) < 4.78 is 0. The quantitative estimate of drug-likeness (QED) is 0.311. The maximum Gasteiger partial charge on any atom is 0.242 e. The number of thioether (sulfide) groups is 1. The Morgan fingerprint density at radius 1 is 1.10 bits per heavy atom. The summed E-state index contributed by atoms with van der Waals surface area (Å²) in [6.07, 6.45) is 2.42. The second-order valence-corrected chi connectivity index (χ2v) is 9.32. The Morgan fingerprint density at radius 3 is 2.42 bits per heavy atom. The number of nitrogens with zero attached hydrogens (tertiary/aromatic N) is 1. The highest BCUT2D eigenvalue weighted by atomic mass is 35.5. The fraction of sp³-hybridized carbons (Fsp3) is 0.417. The maximum atomic E-state index is 13.3. The highest BCUT2D eigenvalue weighted by Gasteiger charge is 2.29. The van der Waals surface area contributed by atoms with E-state index in [1.54, 1.807) is 23.1 Å². The predicted octanol–water partition coefficient (Wildman–Crippen LogP) is 6.12. The van der Waals surface area contributed by atoms with Crippen LogP contribution in [0.4, 0.5) is 0 Å². The van der Waals surface area contributed by atoms with Crippen molar-refractivity contribution < 1.29 is 9.59 Å². The molecule has 7 heteroatoms. The zero-order valence-electron chi connectivity index (χ0n) is 18.3. The summed E-state index contributed by atoms with van der Waals surface area (Å²) in [6.45, 7) is 6.88. The minimum atomic E-state index is -0.560. The summed E-state index contributed by atoms with van der Waals surface area (Å²) in [5, 5.41) is 3.98. The van der Waals surface area contributed by atoms with Crippen molar-refractivity contribution in [2.45, 2.75) is 57.5 Å². The molecule has 0 saturated carbocycles. The molecular formula is C24H30Cl2N2O2S. The second kappa shape index (κ2) is 13.0. The molecule has 2 aromatic rings. The van der Waals surface area contributed by atoms with Crippen LogP contribution in [-0.4, -0.2) is 35.1 Å². The molecule has 4 nitrogen and oxygen atoms in total. The van der Waals surface area contributed by atoms with Crippen LogP contribution in [0.2, 0.25) is 10.0 Å². The van der Waals surface area contributed by atoms with E-state index in [1.165, 1.54) is 17.3 Å². The van der Waals surface area contributed by atoms with Gasteiger partial charge >= 0.3 is 0 Å². The summed E-state index contributed by atoms with van der Waals surface area (Å²) in [7, 11) is 0. The van der Waals surface area contributed by atoms with Crippen LogP contribution in [0.15, 0.2) is 47.4 Å². The van der Waals surface area contributed by atoms with Gasteiger partial charge in [-0.25, -0.2) is 0 Å². The van der Waals surface area contributed by atoms with Gasteiger partial charge in [0.1, 0.15) is 6.04 Å². The zero-order chi connectivity index (χ0) is 22.8. The van der Waals surface area contributed by atoms with Crippen LogP contribution in [-0.2, 0) is 16.1 Å². The first-order chi connectivity index (χ1) is 14.8. The molecule has 1 unspecified atom stereocenters. The Morgan fingerprint density at radius 2 is 1.81 bits per heavy atom. The third-order valence-corrected chi connectivity index (χ3v) is 6.54. The number of hydrogen-bond acceptors (Lipinski definition) is 3. The summed E-state index contributed by atoms with van der Waals surface area (Å²) in [5.41, 5.74) is 1.93. The molecule has 0 aliphatic heterocycles. The number of carbonyl (C=O) groups excluding carboxylic acids is 2. The number of unbranched alkanes of at least 4 members (excludes halogenated alkanes) is 1. The van der Waals surface area contributed by atoms with Gasteiger partial charge in [-0.3, -0.25) is 9.59 Å². The number of nitrogens with one attached hydrogen (secondary N) is 1. The van der Waals surface area contributed by atoms with Gasteiger partial charge in [0.25, 0.3) is 0 Å². The summed E-state index contributed by atoms with van der Waals surface area (Å²) in [4.78, 5) is 28.8. The molecule has 1 atom stereocenters. The smallest absolute Gasteiger partial charge is 0.242 e. The first-order valence-corrected chi connectivity index (χ1v) is 12.3. The highest BCUT2D eigenvalue weighted by Crippen LogP contribution is 2.25. The normalized spacial score (nSPS) is 11.8. The minimum absolute atomic E-state index is 0.103. The van der Waals surface area contributed by atoms with E-state index in [2.05, 4.69) is 12.2 Å². The lowest BCUT2D eigenvalue weighted by atomic mass is 10.1. The van der Waals surface area contributed by atoms with Gasteiger partial charge in [0.15, 0.2) is 0 Å². The second-order valence-electron chi connectivity index (χ2n) is 7.43. The average Bonchev–Trinajstić information content (AvgIpc) is 2.74. The third kappa shape index (κ3) is 8.06. The maximum absolute atomic E-state index is 13.3. The number of rotatable bonds is 11. The molecule has 31 heavy (non-hydrogen) atoms. The van der Waals surface area contributed by atoms with Crippen molar-refractivity contribution in [1.29, 1.82) is 0 Å². The average molecular weight is 481 g/mol. The lowest BCUT2D eigenvalue weighted by molar-refractivity contribution is -0.139. The van der Waals surface area contributed by atoms with Gasteiger partial charge in [-0.1, -0.05) is 67.2 Å². The fourth-order valence-corrected chi connectivity index (χ4v) is 4.37. The summed E-state index contributed by atoms with van der Waals surface area (Å²) >= 11 is 13.9. The molecule has 0 fully saturated rings. The monoisotopic (exact) mass is 480 g/mol. The molecule has 0 aliphatic carbocycles. The van der Waals surface area contributed by atoms with Crippen LogP contribution >= 0.6 is 35.0 Å². The van der Waals surface area contributed by atoms with Crippen LogP contribution in [0, 0.1) is 6.92 Å². The van der Waals surface area contributed by atoms with E-state index in [4.69, 9.17) is 23.2 Å². The predicted molar refractivity (Wildman–Crippen MR) is 131 cm³/mol. The van der Waals surface area contributed by atoms with Crippen molar-refractivity contribution in [1.82, 2.24) is 10.2 Å². The van der Waals surface area contributed by atoms with Crippen molar-refractivity contribution in [2.75, 3.05) is 12.3 Å². The Balaban J connectivity index is 2.20. The standard InChI is InChI=1S/C24H30Cl2N2O2S/c1-4-6-13-27-24(30)22(5-2)28(15-18-9-10-19(25)14-21(18)26)23(29)16-31-20-11-7-17(3)8-12-20/h7-12,14,22H,4-6,13,15-16H2,1-3H3,(H,27,30). The molecule has 0 radical (unpaired) electrons. The first-order valence-electron chi connectivity index (χ1n) is 10.6. The summed E-state index contributed by atoms with van der Waals surface area (Å²) in [5.74, 6) is 0.0105. The number of halogens is 2. The van der Waals surface area contributed by atoms with Gasteiger partial charge < -0.3 is 10.2 Å². The Hall–Kier alpha value is -1.69. The molecule has 0 aromatic heterocycles. The van der Waals surface area contributed by atoms with E-state index in [0.717, 1.165) is 23.3 Å². The van der Waals surface area contributed by atoms with Crippen molar-refractivity contribution in [2.24, 2.45) is 0 Å².